The summed E-state index contributed by atoms with van der Waals surface area (Å²) < 4.78 is 74.0. The van der Waals surface area contributed by atoms with Crippen LogP contribution in [0.25, 0.3) is 0 Å². The van der Waals surface area contributed by atoms with Gasteiger partial charge >= 0.3 is 12.3 Å². The van der Waals surface area contributed by atoms with E-state index in [9.17, 15) is 40.8 Å². The number of hydrogen-bond donors (Lipinski definition) is 3. The lowest BCUT2D eigenvalue weighted by Gasteiger charge is -2.36. The largest absolute Gasteiger partial charge is 0.444 e. The van der Waals surface area contributed by atoms with Crippen molar-refractivity contribution in [2.45, 2.75) is 108 Å². The summed E-state index contributed by atoms with van der Waals surface area (Å²) in [6.45, 7) is 7.15. The third-order valence-corrected chi connectivity index (χ3v) is 12.6. The molecule has 2 aromatic rings. The number of amides is 4. The van der Waals surface area contributed by atoms with Gasteiger partial charge in [0.15, 0.2) is 0 Å². The van der Waals surface area contributed by atoms with Gasteiger partial charge < -0.3 is 20.3 Å². The Hall–Kier alpha value is -4.05. The lowest BCUT2D eigenvalue weighted by atomic mass is 9.85. The van der Waals surface area contributed by atoms with Gasteiger partial charge in [-0.2, -0.15) is 13.2 Å². The van der Waals surface area contributed by atoms with Crippen molar-refractivity contribution >= 4 is 51.1 Å². The van der Waals surface area contributed by atoms with Crippen LogP contribution in [0.5, 0.6) is 0 Å². The molecule has 3 fully saturated rings. The molecule has 4 aliphatic rings. The van der Waals surface area contributed by atoms with E-state index in [-0.39, 0.29) is 44.1 Å². The van der Waals surface area contributed by atoms with Crippen molar-refractivity contribution in [2.75, 3.05) is 11.9 Å². The average molecular weight is 782 g/mol. The molecule has 2 heterocycles. The zero-order valence-corrected chi connectivity index (χ0v) is 31.3. The number of alkyl halides is 3. The molecule has 53 heavy (non-hydrogen) atoms. The van der Waals surface area contributed by atoms with E-state index in [0.29, 0.717) is 24.3 Å². The molecule has 1 saturated heterocycles. The first-order valence-corrected chi connectivity index (χ1v) is 19.5. The second kappa shape index (κ2) is 14.0. The highest BCUT2D eigenvalue weighted by Crippen LogP contribution is 2.47. The van der Waals surface area contributed by atoms with Crippen molar-refractivity contribution in [3.05, 3.63) is 64.2 Å². The number of hydrogen-bond acceptors (Lipinski definition) is 8. The molecular formula is C36H43ClF3N5O7S. The first-order chi connectivity index (χ1) is 24.7. The first-order valence-electron chi connectivity index (χ1n) is 17.6. The van der Waals surface area contributed by atoms with E-state index < -0.39 is 80.0 Å². The maximum atomic E-state index is 14.5. The molecule has 2 aliphatic heterocycles. The minimum Gasteiger partial charge on any atom is -0.444 e. The molecule has 3 N–H and O–H groups in total. The van der Waals surface area contributed by atoms with Gasteiger partial charge in [0.2, 0.25) is 21.8 Å². The van der Waals surface area contributed by atoms with Gasteiger partial charge in [0, 0.05) is 23.7 Å². The molecule has 0 radical (unpaired) electrons. The molecule has 12 nitrogen and oxygen atoms in total. The molecule has 2 saturated carbocycles. The number of nitrogens with one attached hydrogen (secondary N) is 3. The maximum Gasteiger partial charge on any atom is 0.416 e. The fraction of sp³-hybridized carbons (Fsp3) is 0.556. The molecule has 5 atom stereocenters. The highest BCUT2D eigenvalue weighted by Gasteiger charge is 2.62. The number of sulfonamides is 1. The SMILES string of the molecule is CC[C@@H]1C[C@]1(NC(=O)[C@@H]1CC(OC(=O)N2Cc3cccc(Cl)c3C2)CN1C(=O)[C@@H](Nc1cccc(C(F)(F)F)c1)C(C)(C)C)C(=O)NS(=O)(=O)C1CC1. The monoisotopic (exact) mass is 781 g/mol. The van der Waals surface area contributed by atoms with Crippen molar-refractivity contribution in [3.8, 4) is 0 Å². The van der Waals surface area contributed by atoms with Gasteiger partial charge in [-0.15, -0.1) is 0 Å². The number of anilines is 1. The number of ether oxygens (including phenoxy) is 1. The van der Waals surface area contributed by atoms with Gasteiger partial charge in [0.1, 0.15) is 23.7 Å². The third-order valence-electron chi connectivity index (χ3n) is 10.5. The number of likely N-dealkylation sites (tertiary alicyclic amines) is 1. The molecule has 1 unspecified atom stereocenters. The zero-order chi connectivity index (χ0) is 38.7. The zero-order valence-electron chi connectivity index (χ0n) is 29.8. The van der Waals surface area contributed by atoms with Crippen LogP contribution in [0.2, 0.25) is 5.02 Å². The Balaban J connectivity index is 1.26. The van der Waals surface area contributed by atoms with E-state index in [0.717, 1.165) is 23.3 Å². The second-order valence-electron chi connectivity index (χ2n) is 15.4. The summed E-state index contributed by atoms with van der Waals surface area (Å²) in [4.78, 5) is 58.3. The van der Waals surface area contributed by atoms with Gasteiger partial charge in [0.25, 0.3) is 5.91 Å². The normalized spacial score (nSPS) is 24.6. The summed E-state index contributed by atoms with van der Waals surface area (Å²) in [5.41, 5.74) is -1.69. The van der Waals surface area contributed by atoms with Crippen LogP contribution in [0.3, 0.4) is 0 Å². The molecule has 288 valence electrons. The predicted molar refractivity (Wildman–Crippen MR) is 189 cm³/mol. The van der Waals surface area contributed by atoms with E-state index in [1.54, 1.807) is 39.8 Å². The van der Waals surface area contributed by atoms with E-state index >= 15 is 0 Å². The number of rotatable bonds is 10. The van der Waals surface area contributed by atoms with Gasteiger partial charge in [-0.1, -0.05) is 63.9 Å². The second-order valence-corrected chi connectivity index (χ2v) is 17.8. The summed E-state index contributed by atoms with van der Waals surface area (Å²) in [6.07, 6.45) is -4.96. The van der Waals surface area contributed by atoms with Crippen LogP contribution in [-0.2, 0) is 48.4 Å². The minimum absolute atomic E-state index is 0.0276. The molecule has 0 aromatic heterocycles. The number of carbonyl (C=O) groups excluding carboxylic acids is 4. The molecule has 2 aliphatic carbocycles. The average Bonchev–Trinajstić information content (AvgIpc) is 3.97. The lowest BCUT2D eigenvalue weighted by molar-refractivity contribution is -0.141. The quantitative estimate of drug-likeness (QED) is 0.298. The molecule has 4 amide bonds. The van der Waals surface area contributed by atoms with E-state index in [1.807, 2.05) is 6.07 Å². The smallest absolute Gasteiger partial charge is 0.416 e. The van der Waals surface area contributed by atoms with Crippen molar-refractivity contribution in [1.29, 1.82) is 0 Å². The van der Waals surface area contributed by atoms with Crippen molar-refractivity contribution < 1.29 is 45.5 Å². The Morgan fingerprint density at radius 2 is 1.75 bits per heavy atom. The predicted octanol–water partition coefficient (Wildman–Crippen LogP) is 5.20. The number of carbonyl (C=O) groups is 4. The van der Waals surface area contributed by atoms with Gasteiger partial charge in [-0.05, 0) is 66.0 Å². The van der Waals surface area contributed by atoms with E-state index in [1.165, 1.54) is 21.9 Å². The van der Waals surface area contributed by atoms with Crippen LogP contribution in [0.15, 0.2) is 42.5 Å². The Bertz CT molecular complexity index is 1920. The third kappa shape index (κ3) is 8.08. The molecule has 2 aromatic carbocycles. The molecule has 6 rings (SSSR count). The first kappa shape index (κ1) is 38.7. The lowest BCUT2D eigenvalue weighted by Crippen LogP contribution is -2.58. The van der Waals surface area contributed by atoms with Crippen molar-refractivity contribution in [1.82, 2.24) is 19.8 Å². The fourth-order valence-electron chi connectivity index (χ4n) is 7.16. The summed E-state index contributed by atoms with van der Waals surface area (Å²) >= 11 is 6.34. The highest BCUT2D eigenvalue weighted by atomic mass is 35.5. The van der Waals surface area contributed by atoms with Crippen LogP contribution >= 0.6 is 11.6 Å². The van der Waals surface area contributed by atoms with Crippen LogP contribution in [-0.4, -0.2) is 77.6 Å². The summed E-state index contributed by atoms with van der Waals surface area (Å²) in [6, 6.07) is 7.32. The Kier molecular flexibility index (Phi) is 10.2. The molecule has 17 heteroatoms. The number of benzene rings is 2. The highest BCUT2D eigenvalue weighted by molar-refractivity contribution is 7.91. The molecule has 0 spiro atoms. The fourth-order valence-corrected chi connectivity index (χ4v) is 8.78. The van der Waals surface area contributed by atoms with Crippen molar-refractivity contribution in [2.24, 2.45) is 11.3 Å². The molecular weight excluding hydrogens is 739 g/mol. The Morgan fingerprint density at radius 3 is 2.36 bits per heavy atom. The Labute approximate surface area is 311 Å². The van der Waals surface area contributed by atoms with Crippen LogP contribution < -0.4 is 15.4 Å². The van der Waals surface area contributed by atoms with Crippen LogP contribution in [0.1, 0.15) is 76.5 Å². The summed E-state index contributed by atoms with van der Waals surface area (Å²) in [5, 5.41) is 5.52. The van der Waals surface area contributed by atoms with Crippen molar-refractivity contribution in [3.63, 3.8) is 0 Å². The topological polar surface area (TPSA) is 154 Å². The van der Waals surface area contributed by atoms with Gasteiger partial charge in [-0.3, -0.25) is 24.0 Å². The number of fused-ring (bicyclic) bond motifs is 1. The van der Waals surface area contributed by atoms with Gasteiger partial charge in [0.05, 0.1) is 23.9 Å². The Morgan fingerprint density at radius 1 is 1.06 bits per heavy atom. The summed E-state index contributed by atoms with van der Waals surface area (Å²) in [7, 11) is -3.93. The maximum absolute atomic E-state index is 14.5. The minimum atomic E-state index is -4.63. The summed E-state index contributed by atoms with van der Waals surface area (Å²) in [5.74, 6) is -2.62. The van der Waals surface area contributed by atoms with Gasteiger partial charge in [-0.25, -0.2) is 13.2 Å². The number of halogens is 4. The van der Waals surface area contributed by atoms with E-state index in [4.69, 9.17) is 16.3 Å². The van der Waals surface area contributed by atoms with E-state index in [2.05, 4.69) is 15.4 Å². The molecule has 0 bridgehead atoms. The standard InChI is InChI=1S/C36H43ClF3N5O7S/c1-5-21-16-35(21,32(48)43-53(50,51)25-12-13-25)42-30(46)28-15-24(52-33(49)44-17-20-8-6-11-27(37)26(20)19-44)18-45(28)31(47)29(34(2,3)4)41-23-10-7-9-22(14-23)36(38,39)40/h6-11,14,21,24-25,28-29,41H,5,12-13,15-19H2,1-4H3,(H,42,46)(H,43,48)/t21-,24?,28+,29-,35-/m1/s1. The van der Waals surface area contributed by atoms with Crippen LogP contribution in [0, 0.1) is 11.3 Å². The number of nitrogens with zero attached hydrogens (tertiary/aromatic N) is 2. The van der Waals surface area contributed by atoms with Crippen LogP contribution in [0.4, 0.5) is 23.7 Å².